The van der Waals surface area contributed by atoms with Crippen LogP contribution in [-0.4, -0.2) is 28.7 Å². The average Bonchev–Trinajstić information content (AvgIpc) is 2.29. The molecule has 0 amide bonds. The number of rotatable bonds is 2. The van der Waals surface area contributed by atoms with Gasteiger partial charge in [0.05, 0.1) is 12.7 Å². The van der Waals surface area contributed by atoms with Crippen molar-refractivity contribution >= 4 is 0 Å². The van der Waals surface area contributed by atoms with E-state index in [1.54, 1.807) is 0 Å². The highest BCUT2D eigenvalue weighted by Gasteiger charge is 2.42. The second-order valence-corrected chi connectivity index (χ2v) is 3.16. The molecule has 12 heavy (non-hydrogen) atoms. The lowest BCUT2D eigenvalue weighted by Gasteiger charge is -2.21. The van der Waals surface area contributed by atoms with Crippen LogP contribution in [0.1, 0.15) is 13.3 Å². The zero-order valence-corrected chi connectivity index (χ0v) is 7.16. The van der Waals surface area contributed by atoms with E-state index in [2.05, 4.69) is 12.3 Å². The lowest BCUT2D eigenvalue weighted by Crippen LogP contribution is -2.31. The molecule has 3 atom stereocenters. The van der Waals surface area contributed by atoms with Crippen LogP contribution in [0.15, 0.2) is 18.4 Å². The van der Waals surface area contributed by atoms with Gasteiger partial charge in [0, 0.05) is 12.0 Å². The maximum Gasteiger partial charge on any atom is 0.195 e. The molecule has 0 bridgehead atoms. The summed E-state index contributed by atoms with van der Waals surface area (Å²) in [4.78, 5) is 0. The van der Waals surface area contributed by atoms with Gasteiger partial charge >= 0.3 is 0 Å². The van der Waals surface area contributed by atoms with E-state index in [1.807, 2.05) is 6.92 Å². The first kappa shape index (κ1) is 9.49. The monoisotopic (exact) mass is 170 g/mol. The molecule has 3 heteroatoms. The lowest BCUT2D eigenvalue weighted by atomic mass is 9.99. The SMILES string of the molecule is C=C=CC1(O)OC(CO)CC1C. The Bertz CT molecular complexity index is 208. The molecular weight excluding hydrogens is 156 g/mol. The highest BCUT2D eigenvalue weighted by Crippen LogP contribution is 2.34. The van der Waals surface area contributed by atoms with E-state index in [0.29, 0.717) is 6.42 Å². The van der Waals surface area contributed by atoms with Gasteiger partial charge in [0.1, 0.15) is 0 Å². The van der Waals surface area contributed by atoms with Crippen LogP contribution < -0.4 is 0 Å². The number of hydrogen-bond donors (Lipinski definition) is 2. The third kappa shape index (κ3) is 1.59. The topological polar surface area (TPSA) is 49.7 Å². The fourth-order valence-corrected chi connectivity index (χ4v) is 1.43. The molecule has 3 nitrogen and oxygen atoms in total. The Morgan fingerprint density at radius 3 is 2.92 bits per heavy atom. The highest BCUT2D eigenvalue weighted by atomic mass is 16.6. The van der Waals surface area contributed by atoms with Crippen molar-refractivity contribution in [2.24, 2.45) is 5.92 Å². The molecule has 1 rings (SSSR count). The molecule has 3 unspecified atom stereocenters. The predicted octanol–water partition coefficient (Wildman–Crippen LogP) is 0.433. The molecule has 0 saturated carbocycles. The molecular formula is C9H14O3. The molecule has 0 spiro atoms. The van der Waals surface area contributed by atoms with E-state index in [9.17, 15) is 5.11 Å². The summed E-state index contributed by atoms with van der Waals surface area (Å²) in [5, 5.41) is 18.6. The maximum absolute atomic E-state index is 9.77. The molecule has 1 aliphatic rings. The number of aliphatic hydroxyl groups excluding tert-OH is 1. The molecule has 2 N–H and O–H groups in total. The van der Waals surface area contributed by atoms with E-state index in [1.165, 1.54) is 6.08 Å². The molecule has 68 valence electrons. The van der Waals surface area contributed by atoms with Crippen LogP contribution in [0.5, 0.6) is 0 Å². The van der Waals surface area contributed by atoms with Crippen LogP contribution in [0.25, 0.3) is 0 Å². The normalized spacial score (nSPS) is 40.9. The Balaban J connectivity index is 2.73. The van der Waals surface area contributed by atoms with Crippen molar-refractivity contribution in [1.29, 1.82) is 0 Å². The number of aliphatic hydroxyl groups is 2. The lowest BCUT2D eigenvalue weighted by molar-refractivity contribution is -0.177. The minimum atomic E-state index is -1.28. The van der Waals surface area contributed by atoms with Gasteiger partial charge in [-0.2, -0.15) is 0 Å². The zero-order chi connectivity index (χ0) is 9.19. The van der Waals surface area contributed by atoms with Crippen LogP contribution in [-0.2, 0) is 4.74 Å². The summed E-state index contributed by atoms with van der Waals surface area (Å²) in [6, 6.07) is 0. The number of ether oxygens (including phenoxy) is 1. The molecule has 0 radical (unpaired) electrons. The van der Waals surface area contributed by atoms with Crippen LogP contribution in [0.2, 0.25) is 0 Å². The summed E-state index contributed by atoms with van der Waals surface area (Å²) in [6.07, 6.45) is 1.79. The van der Waals surface area contributed by atoms with Gasteiger partial charge in [0.15, 0.2) is 5.79 Å². The standard InChI is InChI=1S/C9H14O3/c1-3-4-9(11)7(2)5-8(6-10)12-9/h4,7-8,10-11H,1,5-6H2,2H3. The minimum Gasteiger partial charge on any atom is -0.394 e. The van der Waals surface area contributed by atoms with Gasteiger partial charge < -0.3 is 14.9 Å². The zero-order valence-electron chi connectivity index (χ0n) is 7.16. The quantitative estimate of drug-likeness (QED) is 0.591. The molecule has 1 fully saturated rings. The third-order valence-electron chi connectivity index (χ3n) is 2.19. The van der Waals surface area contributed by atoms with Crippen LogP contribution in [0.4, 0.5) is 0 Å². The van der Waals surface area contributed by atoms with E-state index in [0.717, 1.165) is 0 Å². The Kier molecular flexibility index (Phi) is 2.70. The average molecular weight is 170 g/mol. The summed E-state index contributed by atoms with van der Waals surface area (Å²) in [5.74, 6) is -1.31. The van der Waals surface area contributed by atoms with Crippen molar-refractivity contribution in [1.82, 2.24) is 0 Å². The van der Waals surface area contributed by atoms with Crippen molar-refractivity contribution in [3.63, 3.8) is 0 Å². The van der Waals surface area contributed by atoms with Crippen molar-refractivity contribution < 1.29 is 14.9 Å². The second kappa shape index (κ2) is 3.42. The van der Waals surface area contributed by atoms with E-state index < -0.39 is 5.79 Å². The van der Waals surface area contributed by atoms with Crippen LogP contribution in [0.3, 0.4) is 0 Å². The Morgan fingerprint density at radius 1 is 1.83 bits per heavy atom. The van der Waals surface area contributed by atoms with Crippen molar-refractivity contribution in [3.05, 3.63) is 18.4 Å². The van der Waals surface area contributed by atoms with Crippen molar-refractivity contribution in [3.8, 4) is 0 Å². The molecule has 0 aromatic rings. The van der Waals surface area contributed by atoms with Gasteiger partial charge in [0.25, 0.3) is 0 Å². The van der Waals surface area contributed by atoms with E-state index in [4.69, 9.17) is 9.84 Å². The van der Waals surface area contributed by atoms with Crippen LogP contribution >= 0.6 is 0 Å². The molecule has 0 aliphatic carbocycles. The fraction of sp³-hybridized carbons (Fsp3) is 0.667. The molecule has 1 heterocycles. The summed E-state index contributed by atoms with van der Waals surface area (Å²) in [7, 11) is 0. The summed E-state index contributed by atoms with van der Waals surface area (Å²) in [6.45, 7) is 5.18. The highest BCUT2D eigenvalue weighted by molar-refractivity contribution is 5.00. The summed E-state index contributed by atoms with van der Waals surface area (Å²) >= 11 is 0. The van der Waals surface area contributed by atoms with E-state index >= 15 is 0 Å². The molecule has 0 aromatic heterocycles. The largest absolute Gasteiger partial charge is 0.394 e. The van der Waals surface area contributed by atoms with Gasteiger partial charge in [-0.05, 0) is 6.42 Å². The summed E-state index contributed by atoms with van der Waals surface area (Å²) < 4.78 is 5.20. The molecule has 1 saturated heterocycles. The minimum absolute atomic E-state index is 0.0242. The van der Waals surface area contributed by atoms with Gasteiger partial charge in [0.2, 0.25) is 0 Å². The van der Waals surface area contributed by atoms with E-state index in [-0.39, 0.29) is 18.6 Å². The van der Waals surface area contributed by atoms with Crippen molar-refractivity contribution in [2.45, 2.75) is 25.2 Å². The maximum atomic E-state index is 9.77. The number of hydrogen-bond acceptors (Lipinski definition) is 3. The van der Waals surface area contributed by atoms with Gasteiger partial charge in [-0.25, -0.2) is 0 Å². The predicted molar refractivity (Wildman–Crippen MR) is 44.4 cm³/mol. The summed E-state index contributed by atoms with van der Waals surface area (Å²) in [5.41, 5.74) is 2.49. The van der Waals surface area contributed by atoms with Gasteiger partial charge in [-0.1, -0.05) is 13.5 Å². The molecule has 0 aromatic carbocycles. The van der Waals surface area contributed by atoms with Crippen LogP contribution in [0, 0.1) is 5.92 Å². The second-order valence-electron chi connectivity index (χ2n) is 3.16. The Morgan fingerprint density at radius 2 is 2.50 bits per heavy atom. The smallest absolute Gasteiger partial charge is 0.195 e. The van der Waals surface area contributed by atoms with Gasteiger partial charge in [-0.3, -0.25) is 0 Å². The van der Waals surface area contributed by atoms with Crippen molar-refractivity contribution in [2.75, 3.05) is 6.61 Å². The fourth-order valence-electron chi connectivity index (χ4n) is 1.43. The third-order valence-corrected chi connectivity index (χ3v) is 2.19. The van der Waals surface area contributed by atoms with Gasteiger partial charge in [-0.15, -0.1) is 5.73 Å². The Labute approximate surface area is 72.0 Å². The Hall–Kier alpha value is -0.600. The molecule has 1 aliphatic heterocycles. The first-order valence-electron chi connectivity index (χ1n) is 4.00. The first-order chi connectivity index (χ1) is 5.62. The first-order valence-corrected chi connectivity index (χ1v) is 4.00.